The summed E-state index contributed by atoms with van der Waals surface area (Å²) in [4.78, 5) is 14.1. The van der Waals surface area contributed by atoms with Crippen LogP contribution in [0.15, 0.2) is 5.16 Å². The Kier molecular flexibility index (Phi) is 4.87. The molecule has 0 aromatic carbocycles. The van der Waals surface area contributed by atoms with Gasteiger partial charge in [-0.25, -0.2) is 4.79 Å². The van der Waals surface area contributed by atoms with E-state index in [4.69, 9.17) is 10.9 Å². The fraction of sp³-hybridized carbons (Fsp3) is 0.846. The van der Waals surface area contributed by atoms with Gasteiger partial charge in [0.15, 0.2) is 0 Å². The molecular formula is C13H24N4O2. The smallest absolute Gasteiger partial charge is 0.317 e. The molecule has 2 rings (SSSR count). The summed E-state index contributed by atoms with van der Waals surface area (Å²) >= 11 is 0. The molecule has 1 aliphatic carbocycles. The minimum atomic E-state index is -0.0269. The molecule has 4 N–H and O–H groups in total. The molecule has 2 unspecified atom stereocenters. The van der Waals surface area contributed by atoms with E-state index < -0.39 is 0 Å². The van der Waals surface area contributed by atoms with E-state index in [-0.39, 0.29) is 23.8 Å². The fourth-order valence-electron chi connectivity index (χ4n) is 3.08. The molecule has 2 atom stereocenters. The topological polar surface area (TPSA) is 91.0 Å². The van der Waals surface area contributed by atoms with Gasteiger partial charge in [0.1, 0.15) is 5.84 Å². The molecule has 6 heteroatoms. The Hall–Kier alpha value is -1.46. The lowest BCUT2D eigenvalue weighted by Crippen LogP contribution is -2.48. The van der Waals surface area contributed by atoms with Crippen LogP contribution in [-0.2, 0) is 0 Å². The van der Waals surface area contributed by atoms with E-state index in [1.54, 1.807) is 0 Å². The lowest BCUT2D eigenvalue weighted by molar-refractivity contribution is 0.194. The lowest BCUT2D eigenvalue weighted by atomic mass is 10.0. The van der Waals surface area contributed by atoms with Crippen LogP contribution in [0.4, 0.5) is 4.79 Å². The van der Waals surface area contributed by atoms with Gasteiger partial charge in [0.25, 0.3) is 0 Å². The fourth-order valence-corrected chi connectivity index (χ4v) is 3.08. The van der Waals surface area contributed by atoms with Gasteiger partial charge in [-0.3, -0.25) is 0 Å². The number of hydrogen-bond donors (Lipinski definition) is 3. The maximum atomic E-state index is 12.2. The number of oxime groups is 1. The predicted octanol–water partition coefficient (Wildman–Crippen LogP) is 1.49. The molecule has 1 heterocycles. The van der Waals surface area contributed by atoms with Crippen LogP contribution in [0.3, 0.4) is 0 Å². The van der Waals surface area contributed by atoms with Crippen LogP contribution >= 0.6 is 0 Å². The van der Waals surface area contributed by atoms with Crippen molar-refractivity contribution in [3.63, 3.8) is 0 Å². The highest BCUT2D eigenvalue weighted by Gasteiger charge is 2.32. The van der Waals surface area contributed by atoms with Crippen LogP contribution in [0.1, 0.15) is 44.9 Å². The Labute approximate surface area is 114 Å². The van der Waals surface area contributed by atoms with E-state index >= 15 is 0 Å². The number of carbonyl (C=O) groups excluding carboxylic acids is 1. The van der Waals surface area contributed by atoms with E-state index in [0.29, 0.717) is 0 Å². The average Bonchev–Trinajstić information content (AvgIpc) is 2.71. The minimum absolute atomic E-state index is 0.00420. The Morgan fingerprint density at radius 2 is 1.84 bits per heavy atom. The van der Waals surface area contributed by atoms with Crippen molar-refractivity contribution in [3.05, 3.63) is 0 Å². The maximum Gasteiger partial charge on any atom is 0.317 e. The zero-order chi connectivity index (χ0) is 13.7. The van der Waals surface area contributed by atoms with Crippen LogP contribution in [0, 0.1) is 5.92 Å². The van der Waals surface area contributed by atoms with Crippen LogP contribution < -0.4 is 11.1 Å². The summed E-state index contributed by atoms with van der Waals surface area (Å²) in [5.41, 5.74) is 5.68. The third kappa shape index (κ3) is 3.52. The number of amidine groups is 1. The zero-order valence-corrected chi connectivity index (χ0v) is 11.3. The summed E-state index contributed by atoms with van der Waals surface area (Å²) in [5.74, 6) is 0.208. The summed E-state index contributed by atoms with van der Waals surface area (Å²) in [6, 6.07) is 0.0104. The predicted molar refractivity (Wildman–Crippen MR) is 73.1 cm³/mol. The maximum absolute atomic E-state index is 12.2. The minimum Gasteiger partial charge on any atom is -0.409 e. The van der Waals surface area contributed by atoms with Crippen molar-refractivity contribution in [2.24, 2.45) is 16.8 Å². The summed E-state index contributed by atoms with van der Waals surface area (Å²) in [6.07, 6.45) is 7.37. The first-order valence-corrected chi connectivity index (χ1v) is 7.25. The van der Waals surface area contributed by atoms with Crippen molar-refractivity contribution < 1.29 is 10.0 Å². The first kappa shape index (κ1) is 14.0. The average molecular weight is 268 g/mol. The number of rotatable bonds is 2. The summed E-state index contributed by atoms with van der Waals surface area (Å²) in [7, 11) is 0. The van der Waals surface area contributed by atoms with Crippen molar-refractivity contribution in [1.82, 2.24) is 10.2 Å². The van der Waals surface area contributed by atoms with Gasteiger partial charge in [-0.15, -0.1) is 0 Å². The van der Waals surface area contributed by atoms with Gasteiger partial charge < -0.3 is 21.2 Å². The molecule has 2 aliphatic rings. The van der Waals surface area contributed by atoms with Crippen molar-refractivity contribution in [3.8, 4) is 0 Å². The zero-order valence-electron chi connectivity index (χ0n) is 11.3. The molecule has 1 aliphatic heterocycles. The van der Waals surface area contributed by atoms with E-state index in [0.717, 1.165) is 45.2 Å². The van der Waals surface area contributed by atoms with Crippen LogP contribution in [0.25, 0.3) is 0 Å². The van der Waals surface area contributed by atoms with Gasteiger partial charge in [0.2, 0.25) is 0 Å². The van der Waals surface area contributed by atoms with E-state index in [1.165, 1.54) is 12.8 Å². The molecule has 2 amide bonds. The highest BCUT2D eigenvalue weighted by atomic mass is 16.4. The summed E-state index contributed by atoms with van der Waals surface area (Å²) in [5, 5.41) is 14.9. The number of hydrogen-bond acceptors (Lipinski definition) is 3. The molecule has 1 saturated carbocycles. The highest BCUT2D eigenvalue weighted by Crippen LogP contribution is 2.26. The molecule has 6 nitrogen and oxygen atoms in total. The molecule has 0 bridgehead atoms. The standard InChI is InChI=1S/C13H24N4O2/c14-12(16-19)10-6-5-7-11(10)15-13(18)17-8-3-1-2-4-9-17/h10-11,19H,1-9H2,(H2,14,16)(H,15,18). The second-order valence-electron chi connectivity index (χ2n) is 5.52. The second-order valence-corrected chi connectivity index (χ2v) is 5.52. The Morgan fingerprint density at radius 1 is 1.16 bits per heavy atom. The van der Waals surface area contributed by atoms with Crippen molar-refractivity contribution in [2.45, 2.75) is 51.0 Å². The number of nitrogens with one attached hydrogen (secondary N) is 1. The number of nitrogens with zero attached hydrogens (tertiary/aromatic N) is 2. The number of carbonyl (C=O) groups is 1. The van der Waals surface area contributed by atoms with Gasteiger partial charge in [-0.05, 0) is 25.7 Å². The molecule has 0 spiro atoms. The van der Waals surface area contributed by atoms with Gasteiger partial charge in [0, 0.05) is 25.0 Å². The number of nitrogens with two attached hydrogens (primary N) is 1. The summed E-state index contributed by atoms with van der Waals surface area (Å²) in [6.45, 7) is 1.68. The monoisotopic (exact) mass is 268 g/mol. The van der Waals surface area contributed by atoms with Crippen LogP contribution in [-0.4, -0.2) is 41.1 Å². The Balaban J connectivity index is 1.90. The number of urea groups is 1. The molecule has 2 fully saturated rings. The summed E-state index contributed by atoms with van der Waals surface area (Å²) < 4.78 is 0. The molecule has 0 aromatic heterocycles. The van der Waals surface area contributed by atoms with Gasteiger partial charge in [0.05, 0.1) is 0 Å². The van der Waals surface area contributed by atoms with Crippen molar-refractivity contribution in [2.75, 3.05) is 13.1 Å². The number of amides is 2. The molecule has 19 heavy (non-hydrogen) atoms. The van der Waals surface area contributed by atoms with Crippen molar-refractivity contribution >= 4 is 11.9 Å². The molecule has 108 valence electrons. The molecule has 1 saturated heterocycles. The van der Waals surface area contributed by atoms with E-state index in [9.17, 15) is 4.79 Å². The lowest BCUT2D eigenvalue weighted by Gasteiger charge is -2.26. The largest absolute Gasteiger partial charge is 0.409 e. The van der Waals surface area contributed by atoms with Gasteiger partial charge >= 0.3 is 6.03 Å². The molecule has 0 aromatic rings. The SMILES string of the molecule is NC(=NO)C1CCCC1NC(=O)N1CCCCCC1. The third-order valence-electron chi connectivity index (χ3n) is 4.21. The Morgan fingerprint density at radius 3 is 2.47 bits per heavy atom. The first-order valence-electron chi connectivity index (χ1n) is 7.25. The van der Waals surface area contributed by atoms with E-state index in [1.807, 2.05) is 4.90 Å². The van der Waals surface area contributed by atoms with Crippen molar-refractivity contribution in [1.29, 1.82) is 0 Å². The number of likely N-dealkylation sites (tertiary alicyclic amines) is 1. The van der Waals surface area contributed by atoms with Crippen LogP contribution in [0.2, 0.25) is 0 Å². The quantitative estimate of drug-likeness (QED) is 0.307. The van der Waals surface area contributed by atoms with Gasteiger partial charge in [-0.2, -0.15) is 0 Å². The molecular weight excluding hydrogens is 244 g/mol. The Bertz CT molecular complexity index is 338. The third-order valence-corrected chi connectivity index (χ3v) is 4.21. The van der Waals surface area contributed by atoms with E-state index in [2.05, 4.69) is 10.5 Å². The molecule has 0 radical (unpaired) electrons. The first-order chi connectivity index (χ1) is 9.22. The van der Waals surface area contributed by atoms with Crippen LogP contribution in [0.5, 0.6) is 0 Å². The second kappa shape index (κ2) is 6.63. The van der Waals surface area contributed by atoms with Gasteiger partial charge in [-0.1, -0.05) is 24.4 Å². The highest BCUT2D eigenvalue weighted by molar-refractivity contribution is 5.84. The normalized spacial score (nSPS) is 29.1.